The van der Waals surface area contributed by atoms with Crippen LogP contribution in [0, 0.1) is 4.77 Å². The molecular formula is C12H15N3O3S. The molecule has 1 aromatic heterocycles. The molecule has 0 aliphatic carbocycles. The van der Waals surface area contributed by atoms with Gasteiger partial charge in [-0.1, -0.05) is 0 Å². The van der Waals surface area contributed by atoms with Crippen LogP contribution in [-0.4, -0.2) is 28.0 Å². The maximum Gasteiger partial charge on any atom is 0.347 e. The summed E-state index contributed by atoms with van der Waals surface area (Å²) >= 11 is 5.09. The summed E-state index contributed by atoms with van der Waals surface area (Å²) in [5, 5.41) is 5.04. The molecule has 0 saturated heterocycles. The lowest BCUT2D eigenvalue weighted by molar-refractivity contribution is 0.329. The summed E-state index contributed by atoms with van der Waals surface area (Å²) in [6.45, 7) is 4.81. The first kappa shape index (κ1) is 13.4. The predicted octanol–water partition coefficient (Wildman–Crippen LogP) is 2.02. The summed E-state index contributed by atoms with van der Waals surface area (Å²) in [6, 6.07) is 5.29. The van der Waals surface area contributed by atoms with Crippen LogP contribution in [0.1, 0.15) is 13.8 Å². The summed E-state index contributed by atoms with van der Waals surface area (Å²) in [5.41, 5.74) is 0.208. The number of hydrogen-bond acceptors (Lipinski definition) is 4. The highest BCUT2D eigenvalue weighted by Gasteiger charge is 2.12. The minimum atomic E-state index is -0.348. The molecule has 2 aromatic rings. The Bertz CT molecular complexity index is 644. The molecule has 0 radical (unpaired) electrons. The molecule has 1 heterocycles. The fourth-order valence-electron chi connectivity index (χ4n) is 1.74. The van der Waals surface area contributed by atoms with Gasteiger partial charge in [0.2, 0.25) is 4.77 Å². The third-order valence-corrected chi connectivity index (χ3v) is 2.75. The van der Waals surface area contributed by atoms with Crippen molar-refractivity contribution in [2.24, 2.45) is 0 Å². The van der Waals surface area contributed by atoms with E-state index in [9.17, 15) is 4.79 Å². The molecule has 0 atom stereocenters. The second-order valence-corrected chi connectivity index (χ2v) is 4.08. The van der Waals surface area contributed by atoms with Crippen molar-refractivity contribution in [2.45, 2.75) is 13.8 Å². The van der Waals surface area contributed by atoms with E-state index in [1.807, 2.05) is 13.8 Å². The molecule has 0 fully saturated rings. The molecule has 0 spiro atoms. The molecule has 0 unspecified atom stereocenters. The number of aromatic amines is 2. The zero-order valence-electron chi connectivity index (χ0n) is 10.7. The number of ether oxygens (including phenoxy) is 2. The summed E-state index contributed by atoms with van der Waals surface area (Å²) in [7, 11) is 0. The highest BCUT2D eigenvalue weighted by atomic mass is 32.1. The highest BCUT2D eigenvalue weighted by Crippen LogP contribution is 2.27. The fraction of sp³-hybridized carbons (Fsp3) is 0.333. The van der Waals surface area contributed by atoms with E-state index in [1.165, 1.54) is 4.57 Å². The molecule has 0 saturated carbocycles. The maximum absolute atomic E-state index is 11.8. The minimum absolute atomic E-state index is 0.277. The number of H-pyrrole nitrogens is 2. The molecule has 7 heteroatoms. The van der Waals surface area contributed by atoms with Gasteiger partial charge in [0, 0.05) is 6.07 Å². The standard InChI is InChI=1S/C12H15N3O3S/c1-3-17-8-5-6-10(18-4-2)9(7-8)15-11(16)13-14-12(15)19/h5-7H,3-4H2,1-2H3,(H,13,16)(H,14,19). The van der Waals surface area contributed by atoms with Crippen molar-refractivity contribution in [1.29, 1.82) is 0 Å². The van der Waals surface area contributed by atoms with Crippen LogP contribution in [0.5, 0.6) is 11.5 Å². The minimum Gasteiger partial charge on any atom is -0.494 e. The molecule has 1 aromatic carbocycles. The number of nitrogens with one attached hydrogen (secondary N) is 2. The third-order valence-electron chi connectivity index (χ3n) is 2.46. The Morgan fingerprint density at radius 1 is 1.21 bits per heavy atom. The van der Waals surface area contributed by atoms with Crippen molar-refractivity contribution in [3.63, 3.8) is 0 Å². The van der Waals surface area contributed by atoms with Crippen LogP contribution in [0.4, 0.5) is 0 Å². The van der Waals surface area contributed by atoms with E-state index in [0.29, 0.717) is 30.4 Å². The molecule has 0 amide bonds. The Morgan fingerprint density at radius 3 is 2.53 bits per heavy atom. The summed E-state index contributed by atoms with van der Waals surface area (Å²) in [5.74, 6) is 1.23. The molecule has 0 bridgehead atoms. The van der Waals surface area contributed by atoms with Crippen LogP contribution in [0.3, 0.4) is 0 Å². The molecule has 2 N–H and O–H groups in total. The van der Waals surface area contributed by atoms with E-state index >= 15 is 0 Å². The average molecular weight is 281 g/mol. The van der Waals surface area contributed by atoms with Crippen molar-refractivity contribution in [3.05, 3.63) is 33.5 Å². The van der Waals surface area contributed by atoms with Crippen LogP contribution in [0.2, 0.25) is 0 Å². The van der Waals surface area contributed by atoms with E-state index in [1.54, 1.807) is 18.2 Å². The first-order valence-corrected chi connectivity index (χ1v) is 6.38. The molecule has 19 heavy (non-hydrogen) atoms. The van der Waals surface area contributed by atoms with Gasteiger partial charge in [0.25, 0.3) is 0 Å². The number of benzene rings is 1. The zero-order valence-corrected chi connectivity index (χ0v) is 11.5. The monoisotopic (exact) mass is 281 g/mol. The van der Waals surface area contributed by atoms with Crippen molar-refractivity contribution in [3.8, 4) is 17.2 Å². The average Bonchev–Trinajstić information content (AvgIpc) is 2.72. The highest BCUT2D eigenvalue weighted by molar-refractivity contribution is 7.71. The second kappa shape index (κ2) is 5.75. The Kier molecular flexibility index (Phi) is 4.06. The quantitative estimate of drug-likeness (QED) is 0.822. The number of hydrogen-bond donors (Lipinski definition) is 2. The Balaban J connectivity index is 2.61. The van der Waals surface area contributed by atoms with Gasteiger partial charge in [-0.2, -0.15) is 0 Å². The van der Waals surface area contributed by atoms with Gasteiger partial charge >= 0.3 is 5.69 Å². The van der Waals surface area contributed by atoms with Gasteiger partial charge in [-0.05, 0) is 38.2 Å². The Hall–Kier alpha value is -2.02. The van der Waals surface area contributed by atoms with Gasteiger partial charge in [-0.3, -0.25) is 5.10 Å². The second-order valence-electron chi connectivity index (χ2n) is 3.69. The smallest absolute Gasteiger partial charge is 0.347 e. The van der Waals surface area contributed by atoms with Gasteiger partial charge < -0.3 is 9.47 Å². The summed E-state index contributed by atoms with van der Waals surface area (Å²) in [6.07, 6.45) is 0. The van der Waals surface area contributed by atoms with Gasteiger partial charge in [-0.25, -0.2) is 14.5 Å². The van der Waals surface area contributed by atoms with Gasteiger partial charge in [0.1, 0.15) is 11.5 Å². The van der Waals surface area contributed by atoms with E-state index in [0.717, 1.165) is 0 Å². The molecule has 102 valence electrons. The van der Waals surface area contributed by atoms with Crippen molar-refractivity contribution in [1.82, 2.24) is 14.8 Å². The number of aromatic nitrogens is 3. The zero-order chi connectivity index (χ0) is 13.8. The fourth-order valence-corrected chi connectivity index (χ4v) is 1.97. The SMILES string of the molecule is CCOc1ccc(OCC)c(-n2c(=O)[nH][nH]c2=S)c1. The van der Waals surface area contributed by atoms with Crippen LogP contribution >= 0.6 is 12.2 Å². The number of nitrogens with zero attached hydrogens (tertiary/aromatic N) is 1. The third kappa shape index (κ3) is 2.70. The molecule has 0 aliphatic rings. The van der Waals surface area contributed by atoms with E-state index in [4.69, 9.17) is 21.7 Å². The molecule has 0 aliphatic heterocycles. The normalized spacial score (nSPS) is 10.4. The molecule has 2 rings (SSSR count). The van der Waals surface area contributed by atoms with Crippen molar-refractivity contribution < 1.29 is 9.47 Å². The van der Waals surface area contributed by atoms with E-state index in [2.05, 4.69) is 10.2 Å². The van der Waals surface area contributed by atoms with Gasteiger partial charge in [0.05, 0.1) is 18.9 Å². The van der Waals surface area contributed by atoms with Crippen LogP contribution in [0.15, 0.2) is 23.0 Å². The molecule has 6 nitrogen and oxygen atoms in total. The van der Waals surface area contributed by atoms with E-state index < -0.39 is 0 Å². The Labute approximate surface area is 115 Å². The summed E-state index contributed by atoms with van der Waals surface area (Å²) in [4.78, 5) is 11.8. The summed E-state index contributed by atoms with van der Waals surface area (Å²) < 4.78 is 12.6. The lowest BCUT2D eigenvalue weighted by Gasteiger charge is -2.12. The predicted molar refractivity (Wildman–Crippen MR) is 73.9 cm³/mol. The maximum atomic E-state index is 11.8. The first-order chi connectivity index (χ1) is 9.17. The largest absolute Gasteiger partial charge is 0.494 e. The van der Waals surface area contributed by atoms with Gasteiger partial charge in [-0.15, -0.1) is 0 Å². The lowest BCUT2D eigenvalue weighted by Crippen LogP contribution is -2.16. The first-order valence-electron chi connectivity index (χ1n) is 5.97. The van der Waals surface area contributed by atoms with E-state index in [-0.39, 0.29) is 10.5 Å². The molecular weight excluding hydrogens is 266 g/mol. The Morgan fingerprint density at radius 2 is 1.95 bits per heavy atom. The van der Waals surface area contributed by atoms with Crippen LogP contribution in [-0.2, 0) is 0 Å². The van der Waals surface area contributed by atoms with Crippen molar-refractivity contribution in [2.75, 3.05) is 13.2 Å². The topological polar surface area (TPSA) is 72.0 Å². The van der Waals surface area contributed by atoms with Crippen molar-refractivity contribution >= 4 is 12.2 Å². The van der Waals surface area contributed by atoms with Crippen LogP contribution in [0.25, 0.3) is 5.69 Å². The van der Waals surface area contributed by atoms with Crippen LogP contribution < -0.4 is 15.2 Å². The number of rotatable bonds is 5. The van der Waals surface area contributed by atoms with Gasteiger partial charge in [0.15, 0.2) is 0 Å². The lowest BCUT2D eigenvalue weighted by atomic mass is 10.2.